The van der Waals surface area contributed by atoms with Gasteiger partial charge in [0.1, 0.15) is 6.61 Å². The van der Waals surface area contributed by atoms with Crippen LogP contribution in [0.1, 0.15) is 32.9 Å². The molecular weight excluding hydrogens is 222 g/mol. The number of hydrogen-bond acceptors (Lipinski definition) is 6. The second kappa shape index (κ2) is 6.72. The van der Waals surface area contributed by atoms with Gasteiger partial charge in [0.15, 0.2) is 11.5 Å². The normalized spacial score (nSPS) is 11.6. The lowest BCUT2D eigenvalue weighted by atomic mass is 10.3. The smallest absolute Gasteiger partial charge is 0.201 e. The third-order valence-electron chi connectivity index (χ3n) is 2.24. The average molecular weight is 241 g/mol. The van der Waals surface area contributed by atoms with E-state index in [4.69, 9.17) is 10.6 Å². The topological polar surface area (TPSA) is 89.8 Å². The lowest BCUT2D eigenvalue weighted by Gasteiger charge is -2.20. The van der Waals surface area contributed by atoms with Crippen LogP contribution in [-0.2, 0) is 4.84 Å². The fraction of sp³-hybridized carbons (Fsp3) is 0.700. The first-order chi connectivity index (χ1) is 8.24. The number of hydrogen-bond donors (Lipinski definition) is 1. The van der Waals surface area contributed by atoms with Crippen LogP contribution in [0.2, 0.25) is 0 Å². The largest absolute Gasteiger partial charge is 0.394 e. The Morgan fingerprint density at radius 2 is 2.06 bits per heavy atom. The minimum atomic E-state index is 0.218. The van der Waals surface area contributed by atoms with Crippen LogP contribution >= 0.6 is 0 Å². The molecule has 7 nitrogen and oxygen atoms in total. The van der Waals surface area contributed by atoms with Crippen LogP contribution in [0.25, 0.3) is 0 Å². The molecule has 7 heteroatoms. The summed E-state index contributed by atoms with van der Waals surface area (Å²) in [4.78, 5) is 7.17. The van der Waals surface area contributed by atoms with Gasteiger partial charge in [-0.3, -0.25) is 0 Å². The van der Waals surface area contributed by atoms with Crippen molar-refractivity contribution in [2.45, 2.75) is 27.2 Å². The molecule has 0 unspecified atom stereocenters. The summed E-state index contributed by atoms with van der Waals surface area (Å²) in [5.74, 6) is 0.776. The van der Waals surface area contributed by atoms with Crippen LogP contribution in [-0.4, -0.2) is 40.7 Å². The second-order valence-electron chi connectivity index (χ2n) is 3.42. The highest BCUT2D eigenvalue weighted by molar-refractivity contribution is 6.00. The molecule has 2 N–H and O–H groups in total. The van der Waals surface area contributed by atoms with Gasteiger partial charge in [-0.1, -0.05) is 12.1 Å². The van der Waals surface area contributed by atoms with Crippen LogP contribution in [0.5, 0.6) is 0 Å². The van der Waals surface area contributed by atoms with Gasteiger partial charge in [0.2, 0.25) is 5.84 Å². The Bertz CT molecular complexity index is 359. The molecule has 0 saturated heterocycles. The zero-order valence-corrected chi connectivity index (χ0v) is 10.5. The number of nitrogen functional groups attached to an aromatic ring is 1. The molecule has 0 atom stereocenters. The summed E-state index contributed by atoms with van der Waals surface area (Å²) in [6, 6.07) is 0. The van der Waals surface area contributed by atoms with Crippen molar-refractivity contribution >= 4 is 11.7 Å². The average Bonchev–Trinajstić information content (AvgIpc) is 2.75. The molecule has 0 aliphatic rings. The summed E-state index contributed by atoms with van der Waals surface area (Å²) in [6.07, 6.45) is 0.890. The number of nitrogens with zero attached hydrogens (tertiary/aromatic N) is 4. The van der Waals surface area contributed by atoms with Crippen LogP contribution < -0.4 is 5.73 Å². The van der Waals surface area contributed by atoms with Crippen molar-refractivity contribution in [2.24, 2.45) is 5.16 Å². The SMILES string of the molecule is CCCON=C(c1nonc1N)N(CC)CC. The number of anilines is 1. The van der Waals surface area contributed by atoms with Crippen molar-refractivity contribution in [3.05, 3.63) is 5.69 Å². The van der Waals surface area contributed by atoms with Gasteiger partial charge in [-0.2, -0.15) is 0 Å². The van der Waals surface area contributed by atoms with E-state index in [1.807, 2.05) is 25.7 Å². The van der Waals surface area contributed by atoms with E-state index >= 15 is 0 Å². The molecule has 0 amide bonds. The van der Waals surface area contributed by atoms with Gasteiger partial charge in [-0.25, -0.2) is 4.63 Å². The molecule has 0 aliphatic carbocycles. The van der Waals surface area contributed by atoms with Gasteiger partial charge in [0.25, 0.3) is 0 Å². The van der Waals surface area contributed by atoms with Crippen LogP contribution in [0.4, 0.5) is 5.82 Å². The lowest BCUT2D eigenvalue weighted by Crippen LogP contribution is -2.32. The Morgan fingerprint density at radius 3 is 2.53 bits per heavy atom. The third-order valence-corrected chi connectivity index (χ3v) is 2.24. The van der Waals surface area contributed by atoms with E-state index in [2.05, 4.69) is 20.1 Å². The molecule has 0 spiro atoms. The molecule has 1 rings (SSSR count). The van der Waals surface area contributed by atoms with E-state index in [0.717, 1.165) is 19.5 Å². The zero-order chi connectivity index (χ0) is 12.7. The van der Waals surface area contributed by atoms with E-state index in [0.29, 0.717) is 18.1 Å². The fourth-order valence-corrected chi connectivity index (χ4v) is 1.32. The van der Waals surface area contributed by atoms with Gasteiger partial charge >= 0.3 is 0 Å². The van der Waals surface area contributed by atoms with Crippen molar-refractivity contribution in [3.63, 3.8) is 0 Å². The highest BCUT2D eigenvalue weighted by Crippen LogP contribution is 2.10. The molecule has 1 aromatic heterocycles. The molecule has 17 heavy (non-hydrogen) atoms. The van der Waals surface area contributed by atoms with E-state index in [9.17, 15) is 0 Å². The summed E-state index contributed by atoms with van der Waals surface area (Å²) < 4.78 is 4.58. The summed E-state index contributed by atoms with van der Waals surface area (Å²) >= 11 is 0. The van der Waals surface area contributed by atoms with Gasteiger partial charge < -0.3 is 15.5 Å². The van der Waals surface area contributed by atoms with Crippen molar-refractivity contribution in [1.29, 1.82) is 0 Å². The quantitative estimate of drug-likeness (QED) is 0.347. The predicted octanol–water partition coefficient (Wildman–Crippen LogP) is 1.08. The summed E-state index contributed by atoms with van der Waals surface area (Å²) in [6.45, 7) is 8.15. The first-order valence-corrected chi connectivity index (χ1v) is 5.77. The number of oxime groups is 1. The maximum absolute atomic E-state index is 5.66. The zero-order valence-electron chi connectivity index (χ0n) is 10.5. The first kappa shape index (κ1) is 13.3. The minimum Gasteiger partial charge on any atom is -0.394 e. The van der Waals surface area contributed by atoms with Crippen LogP contribution in [0.15, 0.2) is 9.78 Å². The molecule has 0 fully saturated rings. The van der Waals surface area contributed by atoms with E-state index < -0.39 is 0 Å². The number of amidine groups is 1. The third kappa shape index (κ3) is 3.33. The Kier molecular flexibility index (Phi) is 5.25. The van der Waals surface area contributed by atoms with Gasteiger partial charge in [0.05, 0.1) is 0 Å². The Balaban J connectivity index is 2.93. The molecule has 0 radical (unpaired) electrons. The highest BCUT2D eigenvalue weighted by Gasteiger charge is 2.19. The fourth-order valence-electron chi connectivity index (χ4n) is 1.32. The second-order valence-corrected chi connectivity index (χ2v) is 3.42. The highest BCUT2D eigenvalue weighted by atomic mass is 16.6. The van der Waals surface area contributed by atoms with E-state index in [-0.39, 0.29) is 5.82 Å². The van der Waals surface area contributed by atoms with E-state index in [1.54, 1.807) is 0 Å². The monoisotopic (exact) mass is 241 g/mol. The van der Waals surface area contributed by atoms with Crippen molar-refractivity contribution in [3.8, 4) is 0 Å². The number of aromatic nitrogens is 2. The summed E-state index contributed by atoms with van der Waals surface area (Å²) in [5, 5.41) is 11.4. The number of nitrogens with two attached hydrogens (primary N) is 1. The Labute approximate surface area is 101 Å². The first-order valence-electron chi connectivity index (χ1n) is 5.77. The van der Waals surface area contributed by atoms with Crippen molar-refractivity contribution in [2.75, 3.05) is 25.4 Å². The van der Waals surface area contributed by atoms with Gasteiger partial charge in [0, 0.05) is 13.1 Å². The molecule has 1 aromatic rings. The summed E-state index contributed by atoms with van der Waals surface area (Å²) in [5.41, 5.74) is 6.08. The lowest BCUT2D eigenvalue weighted by molar-refractivity contribution is 0.140. The molecule has 0 saturated carbocycles. The molecule has 0 aliphatic heterocycles. The molecular formula is C10H19N5O2. The minimum absolute atomic E-state index is 0.218. The Morgan fingerprint density at radius 1 is 1.35 bits per heavy atom. The van der Waals surface area contributed by atoms with Crippen LogP contribution in [0, 0.1) is 0 Å². The molecule has 96 valence electrons. The van der Waals surface area contributed by atoms with Gasteiger partial charge in [-0.15, -0.1) is 0 Å². The Hall–Kier alpha value is -1.79. The van der Waals surface area contributed by atoms with Crippen molar-refractivity contribution in [1.82, 2.24) is 15.2 Å². The maximum Gasteiger partial charge on any atom is 0.201 e. The van der Waals surface area contributed by atoms with E-state index in [1.165, 1.54) is 0 Å². The molecule has 0 bridgehead atoms. The van der Waals surface area contributed by atoms with Crippen LogP contribution in [0.3, 0.4) is 0 Å². The van der Waals surface area contributed by atoms with Gasteiger partial charge in [-0.05, 0) is 30.6 Å². The summed E-state index contributed by atoms with van der Waals surface area (Å²) in [7, 11) is 0. The predicted molar refractivity (Wildman–Crippen MR) is 64.4 cm³/mol. The molecule has 1 heterocycles. The number of rotatable bonds is 6. The van der Waals surface area contributed by atoms with Crippen molar-refractivity contribution < 1.29 is 9.47 Å². The standard InChI is InChI=1S/C10H19N5O2/c1-4-7-16-14-10(15(5-2)6-3)8-9(11)13-17-12-8/h4-7H2,1-3H3,(H2,11,13). The molecule has 0 aromatic carbocycles. The maximum atomic E-state index is 5.66.